The molecule has 1 aliphatic rings. The molecule has 1 nitrogen and oxygen atoms in total. The smallest absolute Gasteiger partial charge is 0.000641 e. The molecule has 0 saturated heterocycles. The molecule has 0 aromatic carbocycles. The predicted molar refractivity (Wildman–Crippen MR) is 58.8 cm³/mol. The number of hydrogen-bond donors (Lipinski definition) is 0. The Labute approximate surface area is 83.5 Å². The first-order chi connectivity index (χ1) is 5.91. The van der Waals surface area contributed by atoms with Gasteiger partial charge in [0.2, 0.25) is 0 Å². The molecule has 1 fully saturated rings. The Morgan fingerprint density at radius 3 is 2.23 bits per heavy atom. The van der Waals surface area contributed by atoms with Crippen molar-refractivity contribution < 1.29 is 0 Å². The van der Waals surface area contributed by atoms with Crippen molar-refractivity contribution in [3.8, 4) is 0 Å². The minimum atomic E-state index is 0.511. The lowest BCUT2D eigenvalue weighted by molar-refractivity contribution is 0.158. The summed E-state index contributed by atoms with van der Waals surface area (Å²) in [4.78, 5) is 2.34. The van der Waals surface area contributed by atoms with Crippen molar-refractivity contribution in [1.29, 1.82) is 0 Å². The summed E-state index contributed by atoms with van der Waals surface area (Å²) in [5.41, 5.74) is 0.511. The molecule has 0 aliphatic heterocycles. The molecule has 0 heterocycles. The van der Waals surface area contributed by atoms with E-state index in [1.165, 1.54) is 25.8 Å². The van der Waals surface area contributed by atoms with Crippen LogP contribution in [0.2, 0.25) is 0 Å². The molecule has 0 aromatic heterocycles. The molecule has 0 unspecified atom stereocenters. The first kappa shape index (κ1) is 11.0. The lowest BCUT2D eigenvalue weighted by Crippen LogP contribution is -2.31. The van der Waals surface area contributed by atoms with Crippen LogP contribution >= 0.6 is 0 Å². The third-order valence-electron chi connectivity index (χ3n) is 3.37. The van der Waals surface area contributed by atoms with E-state index >= 15 is 0 Å². The summed E-state index contributed by atoms with van der Waals surface area (Å²) < 4.78 is 0. The normalized spacial score (nSPS) is 30.0. The minimum Gasteiger partial charge on any atom is -0.309 e. The zero-order valence-electron chi connectivity index (χ0n) is 9.93. The van der Waals surface area contributed by atoms with Crippen LogP contribution in [0.3, 0.4) is 0 Å². The van der Waals surface area contributed by atoms with Crippen molar-refractivity contribution in [3.63, 3.8) is 0 Å². The maximum absolute atomic E-state index is 2.39. The molecular formula is C12H25N. The lowest BCUT2D eigenvalue weighted by atomic mass is 9.75. The summed E-state index contributed by atoms with van der Waals surface area (Å²) in [6, 6.07) is 0. The van der Waals surface area contributed by atoms with Crippen LogP contribution in [0.15, 0.2) is 0 Å². The fourth-order valence-corrected chi connectivity index (χ4v) is 2.86. The van der Waals surface area contributed by atoms with Crippen LogP contribution in [0.4, 0.5) is 0 Å². The van der Waals surface area contributed by atoms with Crippen LogP contribution in [-0.4, -0.2) is 25.5 Å². The summed E-state index contributed by atoms with van der Waals surface area (Å²) >= 11 is 0. The summed E-state index contributed by atoms with van der Waals surface area (Å²) in [6.45, 7) is 8.46. The van der Waals surface area contributed by atoms with E-state index in [4.69, 9.17) is 0 Å². The van der Waals surface area contributed by atoms with Crippen LogP contribution in [0.25, 0.3) is 0 Å². The molecule has 0 aromatic rings. The molecule has 0 radical (unpaired) electrons. The average Bonchev–Trinajstić information content (AvgIpc) is 2.31. The second kappa shape index (κ2) is 4.00. The molecular weight excluding hydrogens is 158 g/mol. The third-order valence-corrected chi connectivity index (χ3v) is 3.37. The lowest BCUT2D eigenvalue weighted by Gasteiger charge is -2.33. The summed E-state index contributed by atoms with van der Waals surface area (Å²) in [5, 5.41) is 0. The minimum absolute atomic E-state index is 0.511. The molecule has 1 saturated carbocycles. The van der Waals surface area contributed by atoms with Gasteiger partial charge in [-0.3, -0.25) is 0 Å². The van der Waals surface area contributed by atoms with Crippen molar-refractivity contribution >= 4 is 0 Å². The van der Waals surface area contributed by atoms with E-state index in [0.29, 0.717) is 5.41 Å². The zero-order chi connectivity index (χ0) is 10.1. The Morgan fingerprint density at radius 1 is 1.15 bits per heavy atom. The van der Waals surface area contributed by atoms with Crippen LogP contribution in [0.5, 0.6) is 0 Å². The van der Waals surface area contributed by atoms with E-state index in [-0.39, 0.29) is 0 Å². The van der Waals surface area contributed by atoms with E-state index in [9.17, 15) is 0 Å². The highest BCUT2D eigenvalue weighted by Crippen LogP contribution is 2.43. The van der Waals surface area contributed by atoms with Gasteiger partial charge in [0.1, 0.15) is 0 Å². The molecule has 0 N–H and O–H groups in total. The van der Waals surface area contributed by atoms with Crippen molar-refractivity contribution in [3.05, 3.63) is 0 Å². The maximum atomic E-state index is 2.39. The van der Waals surface area contributed by atoms with Gasteiger partial charge in [0, 0.05) is 6.54 Å². The second-order valence-electron chi connectivity index (χ2n) is 5.93. The highest BCUT2D eigenvalue weighted by atomic mass is 15.1. The van der Waals surface area contributed by atoms with Gasteiger partial charge in [0.15, 0.2) is 0 Å². The van der Waals surface area contributed by atoms with E-state index in [0.717, 1.165) is 11.8 Å². The quantitative estimate of drug-likeness (QED) is 0.636. The molecule has 13 heavy (non-hydrogen) atoms. The largest absolute Gasteiger partial charge is 0.309 e. The Bertz CT molecular complexity index is 155. The molecule has 1 heteroatoms. The van der Waals surface area contributed by atoms with E-state index < -0.39 is 0 Å². The Morgan fingerprint density at radius 2 is 1.77 bits per heavy atom. The zero-order valence-corrected chi connectivity index (χ0v) is 9.93. The van der Waals surface area contributed by atoms with Gasteiger partial charge < -0.3 is 4.90 Å². The van der Waals surface area contributed by atoms with Gasteiger partial charge in [-0.2, -0.15) is 0 Å². The molecule has 78 valence electrons. The molecule has 1 rings (SSSR count). The standard InChI is InChI=1S/C12H25N/c1-12(2,3)11-8-6-7-10(11)9-13(4)5/h10-11H,6-9H2,1-5H3/t10-,11+/m0/s1. The van der Waals surface area contributed by atoms with E-state index in [1.54, 1.807) is 0 Å². The van der Waals surface area contributed by atoms with Crippen LogP contribution in [0, 0.1) is 17.3 Å². The summed E-state index contributed by atoms with van der Waals surface area (Å²) in [6.07, 6.45) is 4.34. The van der Waals surface area contributed by atoms with Crippen LogP contribution in [0.1, 0.15) is 40.0 Å². The van der Waals surface area contributed by atoms with Crippen molar-refractivity contribution in [2.45, 2.75) is 40.0 Å². The summed E-state index contributed by atoms with van der Waals surface area (Å²) in [5.74, 6) is 1.88. The predicted octanol–water partition coefficient (Wildman–Crippen LogP) is 3.01. The highest BCUT2D eigenvalue weighted by Gasteiger charge is 2.35. The SMILES string of the molecule is CN(C)C[C@@H]1CCC[C@H]1C(C)(C)C. The first-order valence-corrected chi connectivity index (χ1v) is 5.56. The van der Waals surface area contributed by atoms with Gasteiger partial charge in [-0.05, 0) is 44.2 Å². The summed E-state index contributed by atoms with van der Waals surface area (Å²) in [7, 11) is 4.38. The highest BCUT2D eigenvalue weighted by molar-refractivity contribution is 4.86. The number of hydrogen-bond acceptors (Lipinski definition) is 1. The van der Waals surface area contributed by atoms with Gasteiger partial charge in [0.05, 0.1) is 0 Å². The van der Waals surface area contributed by atoms with Gasteiger partial charge in [-0.1, -0.05) is 27.2 Å². The first-order valence-electron chi connectivity index (χ1n) is 5.56. The van der Waals surface area contributed by atoms with Crippen LogP contribution < -0.4 is 0 Å². The Hall–Kier alpha value is -0.0400. The van der Waals surface area contributed by atoms with Crippen LogP contribution in [-0.2, 0) is 0 Å². The molecule has 2 atom stereocenters. The number of nitrogens with zero attached hydrogens (tertiary/aromatic N) is 1. The molecule has 0 spiro atoms. The number of rotatable bonds is 2. The third kappa shape index (κ3) is 2.98. The van der Waals surface area contributed by atoms with Gasteiger partial charge in [-0.15, -0.1) is 0 Å². The topological polar surface area (TPSA) is 3.24 Å². The average molecular weight is 183 g/mol. The molecule has 0 amide bonds. The molecule has 1 aliphatic carbocycles. The Kier molecular flexibility index (Phi) is 3.39. The Balaban J connectivity index is 2.54. The fourth-order valence-electron chi connectivity index (χ4n) is 2.86. The maximum Gasteiger partial charge on any atom is 0.000641 e. The van der Waals surface area contributed by atoms with Crippen molar-refractivity contribution in [1.82, 2.24) is 4.90 Å². The van der Waals surface area contributed by atoms with Gasteiger partial charge in [-0.25, -0.2) is 0 Å². The molecule has 0 bridgehead atoms. The van der Waals surface area contributed by atoms with Gasteiger partial charge in [0.25, 0.3) is 0 Å². The van der Waals surface area contributed by atoms with Gasteiger partial charge >= 0.3 is 0 Å². The van der Waals surface area contributed by atoms with Crippen molar-refractivity contribution in [2.75, 3.05) is 20.6 Å². The van der Waals surface area contributed by atoms with Crippen molar-refractivity contribution in [2.24, 2.45) is 17.3 Å². The monoisotopic (exact) mass is 183 g/mol. The van der Waals surface area contributed by atoms with E-state index in [2.05, 4.69) is 39.8 Å². The van der Waals surface area contributed by atoms with E-state index in [1.807, 2.05) is 0 Å². The fraction of sp³-hybridized carbons (Fsp3) is 1.00. The second-order valence-corrected chi connectivity index (χ2v) is 5.93.